The highest BCUT2D eigenvalue weighted by molar-refractivity contribution is 6.08. The van der Waals surface area contributed by atoms with Crippen LogP contribution < -0.4 is 10.6 Å². The van der Waals surface area contributed by atoms with Crippen LogP contribution in [-0.2, 0) is 6.18 Å². The number of imide groups is 1. The second-order valence-corrected chi connectivity index (χ2v) is 4.24. The van der Waals surface area contributed by atoms with Gasteiger partial charge in [-0.05, 0) is 30.3 Å². The monoisotopic (exact) mass is 307 g/mol. The largest absolute Gasteiger partial charge is 0.417 e. The van der Waals surface area contributed by atoms with Crippen LogP contribution in [0.15, 0.2) is 48.5 Å². The fraction of sp³-hybridized carbons (Fsp3) is 0.0667. The van der Waals surface area contributed by atoms with Gasteiger partial charge in [0.05, 0.1) is 11.1 Å². The zero-order chi connectivity index (χ0) is 16.2. The minimum Gasteiger partial charge on any atom is -0.308 e. The van der Waals surface area contributed by atoms with E-state index in [-0.39, 0.29) is 0 Å². The van der Waals surface area contributed by atoms with Gasteiger partial charge in [0.1, 0.15) is 0 Å². The van der Waals surface area contributed by atoms with Gasteiger partial charge in [0.25, 0.3) is 5.91 Å². The van der Waals surface area contributed by atoms with Gasteiger partial charge in [-0.2, -0.15) is 13.2 Å². The number of carbonyl (C=O) groups excluding carboxylic acids is 2. The van der Waals surface area contributed by atoms with E-state index < -0.39 is 29.2 Å². The molecule has 0 bridgehead atoms. The predicted octanol–water partition coefficient (Wildman–Crippen LogP) is 3.47. The number of anilines is 1. The maximum atomic E-state index is 12.8. The summed E-state index contributed by atoms with van der Waals surface area (Å²) in [5, 5.41) is 4.17. The van der Waals surface area contributed by atoms with Crippen LogP contribution >= 0.6 is 0 Å². The predicted molar refractivity (Wildman–Crippen MR) is 73.2 cm³/mol. The van der Waals surface area contributed by atoms with Crippen molar-refractivity contribution in [2.24, 2.45) is 0 Å². The molecule has 113 valence electrons. The van der Waals surface area contributed by atoms with Crippen molar-refractivity contribution < 1.29 is 22.8 Å². The van der Waals surface area contributed by atoms with Crippen LogP contribution in [0, 0.1) is 6.07 Å². The first kappa shape index (κ1) is 15.6. The second kappa shape index (κ2) is 6.30. The van der Waals surface area contributed by atoms with E-state index in [1.807, 2.05) is 5.32 Å². The van der Waals surface area contributed by atoms with Gasteiger partial charge in [-0.1, -0.05) is 24.3 Å². The number of urea groups is 1. The van der Waals surface area contributed by atoms with Gasteiger partial charge < -0.3 is 5.32 Å². The maximum Gasteiger partial charge on any atom is 0.417 e. The molecule has 0 aliphatic heterocycles. The van der Waals surface area contributed by atoms with Gasteiger partial charge in [-0.15, -0.1) is 0 Å². The van der Waals surface area contributed by atoms with Crippen molar-refractivity contribution in [2.45, 2.75) is 6.18 Å². The van der Waals surface area contributed by atoms with Gasteiger partial charge in [0.2, 0.25) is 0 Å². The number of nitrogens with one attached hydrogen (secondary N) is 2. The molecule has 0 spiro atoms. The van der Waals surface area contributed by atoms with Crippen LogP contribution in [0.25, 0.3) is 0 Å². The van der Waals surface area contributed by atoms with E-state index in [0.29, 0.717) is 5.69 Å². The Hall–Kier alpha value is -2.83. The summed E-state index contributed by atoms with van der Waals surface area (Å²) in [5.74, 6) is -1.13. The Morgan fingerprint density at radius 3 is 2.41 bits per heavy atom. The van der Waals surface area contributed by atoms with E-state index in [4.69, 9.17) is 0 Å². The third-order valence-electron chi connectivity index (χ3n) is 2.67. The van der Waals surface area contributed by atoms with Gasteiger partial charge in [-0.3, -0.25) is 10.1 Å². The molecule has 0 heterocycles. The van der Waals surface area contributed by atoms with Gasteiger partial charge in [-0.25, -0.2) is 4.79 Å². The van der Waals surface area contributed by atoms with Crippen LogP contribution in [0.1, 0.15) is 15.9 Å². The van der Waals surface area contributed by atoms with Crippen molar-refractivity contribution in [3.05, 3.63) is 65.7 Å². The van der Waals surface area contributed by atoms with Crippen molar-refractivity contribution in [2.75, 3.05) is 5.32 Å². The SMILES string of the molecule is O=C(NC(=O)c1ccccc1C(F)(F)F)Nc1c[c]ccc1. The standard InChI is InChI=1S/C15H10F3N2O2/c16-15(17,18)12-9-5-4-8-11(12)13(21)20-14(22)19-10-6-2-1-3-7-10/h1-2,4-9H,(H2,19,20,21,22). The lowest BCUT2D eigenvalue weighted by molar-refractivity contribution is -0.137. The molecule has 22 heavy (non-hydrogen) atoms. The molecule has 0 unspecified atom stereocenters. The van der Waals surface area contributed by atoms with Crippen LogP contribution in [0.2, 0.25) is 0 Å². The van der Waals surface area contributed by atoms with Crippen LogP contribution in [0.5, 0.6) is 0 Å². The molecule has 2 N–H and O–H groups in total. The number of rotatable bonds is 2. The molecule has 3 amide bonds. The summed E-state index contributed by atoms with van der Waals surface area (Å²) in [5.41, 5.74) is -1.37. The third-order valence-corrected chi connectivity index (χ3v) is 2.67. The molecule has 0 fully saturated rings. The summed E-state index contributed by atoms with van der Waals surface area (Å²) in [6, 6.07) is 12.2. The van der Waals surface area contributed by atoms with Crippen molar-refractivity contribution in [3.63, 3.8) is 0 Å². The van der Waals surface area contributed by atoms with Gasteiger partial charge >= 0.3 is 12.2 Å². The Labute approximate surface area is 124 Å². The molecule has 0 saturated carbocycles. The fourth-order valence-corrected chi connectivity index (χ4v) is 1.73. The molecule has 0 saturated heterocycles. The van der Waals surface area contributed by atoms with E-state index >= 15 is 0 Å². The number of halogens is 3. The number of hydrogen-bond acceptors (Lipinski definition) is 2. The number of amides is 3. The topological polar surface area (TPSA) is 58.2 Å². The summed E-state index contributed by atoms with van der Waals surface area (Å²) in [4.78, 5) is 23.5. The summed E-state index contributed by atoms with van der Waals surface area (Å²) in [6.45, 7) is 0. The number of hydrogen-bond donors (Lipinski definition) is 2. The quantitative estimate of drug-likeness (QED) is 0.892. The molecular weight excluding hydrogens is 297 g/mol. The van der Waals surface area contributed by atoms with E-state index in [9.17, 15) is 22.8 Å². The minimum absolute atomic E-state index is 0.358. The summed E-state index contributed by atoms with van der Waals surface area (Å²) in [6.07, 6.45) is -4.68. The maximum absolute atomic E-state index is 12.8. The molecule has 4 nitrogen and oxygen atoms in total. The molecule has 2 rings (SSSR count). The molecule has 2 aromatic rings. The normalized spacial score (nSPS) is 10.9. The highest BCUT2D eigenvalue weighted by Gasteiger charge is 2.35. The molecule has 2 aromatic carbocycles. The smallest absolute Gasteiger partial charge is 0.308 e. The zero-order valence-electron chi connectivity index (χ0n) is 11.1. The number of benzene rings is 2. The zero-order valence-corrected chi connectivity index (χ0v) is 11.1. The molecule has 7 heteroatoms. The first-order chi connectivity index (χ1) is 10.4. The molecule has 0 atom stereocenters. The second-order valence-electron chi connectivity index (χ2n) is 4.24. The van der Waals surface area contributed by atoms with Crippen molar-refractivity contribution in [1.82, 2.24) is 5.32 Å². The molecule has 0 aromatic heterocycles. The first-order valence-electron chi connectivity index (χ1n) is 6.12. The Morgan fingerprint density at radius 1 is 1.05 bits per heavy atom. The Kier molecular flexibility index (Phi) is 4.45. The average molecular weight is 307 g/mol. The van der Waals surface area contributed by atoms with E-state index in [0.717, 1.165) is 12.1 Å². The lowest BCUT2D eigenvalue weighted by atomic mass is 10.1. The third kappa shape index (κ3) is 3.85. The fourth-order valence-electron chi connectivity index (χ4n) is 1.73. The molecule has 1 radical (unpaired) electrons. The Bertz CT molecular complexity index is 685. The van der Waals surface area contributed by atoms with E-state index in [2.05, 4.69) is 11.4 Å². The van der Waals surface area contributed by atoms with Crippen LogP contribution in [-0.4, -0.2) is 11.9 Å². The number of alkyl halides is 3. The Balaban J connectivity index is 2.11. The molecule has 0 aliphatic rings. The van der Waals surface area contributed by atoms with Crippen molar-refractivity contribution in [3.8, 4) is 0 Å². The summed E-state index contributed by atoms with van der Waals surface area (Å²) < 4.78 is 38.4. The summed E-state index contributed by atoms with van der Waals surface area (Å²) in [7, 11) is 0. The van der Waals surface area contributed by atoms with Crippen LogP contribution in [0.4, 0.5) is 23.7 Å². The first-order valence-corrected chi connectivity index (χ1v) is 6.12. The number of carbonyl (C=O) groups is 2. The average Bonchev–Trinajstić information content (AvgIpc) is 2.47. The highest BCUT2D eigenvalue weighted by Crippen LogP contribution is 2.31. The molecular formula is C15H10F3N2O2. The van der Waals surface area contributed by atoms with E-state index in [1.54, 1.807) is 18.2 Å². The van der Waals surface area contributed by atoms with Crippen LogP contribution in [0.3, 0.4) is 0 Å². The van der Waals surface area contributed by atoms with Gasteiger partial charge in [0, 0.05) is 5.69 Å². The lowest BCUT2D eigenvalue weighted by Crippen LogP contribution is -2.35. The highest BCUT2D eigenvalue weighted by atomic mass is 19.4. The Morgan fingerprint density at radius 2 is 1.77 bits per heavy atom. The van der Waals surface area contributed by atoms with Crippen molar-refractivity contribution in [1.29, 1.82) is 0 Å². The minimum atomic E-state index is -4.68. The molecule has 0 aliphatic carbocycles. The summed E-state index contributed by atoms with van der Waals surface area (Å²) >= 11 is 0. The van der Waals surface area contributed by atoms with E-state index in [1.165, 1.54) is 18.2 Å². The van der Waals surface area contributed by atoms with Gasteiger partial charge in [0.15, 0.2) is 0 Å². The lowest BCUT2D eigenvalue weighted by Gasteiger charge is -2.12. The van der Waals surface area contributed by atoms with Crippen molar-refractivity contribution >= 4 is 17.6 Å².